The average Bonchev–Trinajstić information content (AvgIpc) is 2.66. The summed E-state index contributed by atoms with van der Waals surface area (Å²) in [5.41, 5.74) is 1.41. The Morgan fingerprint density at radius 1 is 1.04 bits per heavy atom. The van der Waals surface area contributed by atoms with Gasteiger partial charge in [-0.1, -0.05) is 44.7 Å². The van der Waals surface area contributed by atoms with Crippen molar-refractivity contribution in [3.8, 4) is 5.75 Å². The number of hydrogen-bond acceptors (Lipinski definition) is 3. The highest BCUT2D eigenvalue weighted by Crippen LogP contribution is 2.16. The van der Waals surface area contributed by atoms with Crippen LogP contribution in [0.15, 0.2) is 48.5 Å². The van der Waals surface area contributed by atoms with Crippen LogP contribution >= 0.6 is 34.8 Å². The van der Waals surface area contributed by atoms with Gasteiger partial charge in [0.15, 0.2) is 5.11 Å². The maximum atomic E-state index is 12.3. The Kier molecular flexibility index (Phi) is 9.55. The lowest BCUT2D eigenvalue weighted by atomic mass is 10.2. The van der Waals surface area contributed by atoms with Crippen molar-refractivity contribution in [3.05, 3.63) is 57.7 Å². The minimum atomic E-state index is -0.222. The molecule has 144 valence electrons. The van der Waals surface area contributed by atoms with Crippen molar-refractivity contribution in [2.24, 2.45) is 0 Å². The predicted molar refractivity (Wildman–Crippen MR) is 124 cm³/mol. The second-order valence-corrected chi connectivity index (χ2v) is 7.75. The zero-order valence-electron chi connectivity index (χ0n) is 15.5. The standard InChI is InChI=1S/C21H25IN2O2S/c1-2-3-4-5-8-15-26-17-13-11-16(12-14-17)23-21(27)24-20(25)18-9-6-7-10-19(18)22/h6-7,9-14H,2-5,8,15H2,1H3,(H2,23,24,25,27). The molecule has 0 spiro atoms. The van der Waals surface area contributed by atoms with E-state index in [-0.39, 0.29) is 11.0 Å². The molecule has 1 amide bonds. The summed E-state index contributed by atoms with van der Waals surface area (Å²) in [6.45, 7) is 2.95. The SMILES string of the molecule is CCCCCCCOc1ccc(NC(=S)NC(=O)c2ccccc2I)cc1. The number of carbonyl (C=O) groups is 1. The first kappa shape index (κ1) is 21.6. The second-order valence-electron chi connectivity index (χ2n) is 6.18. The highest BCUT2D eigenvalue weighted by molar-refractivity contribution is 14.1. The predicted octanol–water partition coefficient (Wildman–Crippen LogP) is 5.77. The Morgan fingerprint density at radius 3 is 2.44 bits per heavy atom. The van der Waals surface area contributed by atoms with Gasteiger partial charge in [0, 0.05) is 9.26 Å². The number of benzene rings is 2. The molecule has 0 radical (unpaired) electrons. The Hall–Kier alpha value is -1.67. The molecule has 27 heavy (non-hydrogen) atoms. The second kappa shape index (κ2) is 11.9. The van der Waals surface area contributed by atoms with E-state index in [0.717, 1.165) is 28.0 Å². The fourth-order valence-corrected chi connectivity index (χ4v) is 3.35. The van der Waals surface area contributed by atoms with E-state index >= 15 is 0 Å². The molecule has 2 N–H and O–H groups in total. The van der Waals surface area contributed by atoms with Crippen molar-refractivity contribution in [2.45, 2.75) is 39.0 Å². The monoisotopic (exact) mass is 496 g/mol. The van der Waals surface area contributed by atoms with Crippen LogP contribution in [0.3, 0.4) is 0 Å². The van der Waals surface area contributed by atoms with Crippen LogP contribution in [0, 0.1) is 3.57 Å². The van der Waals surface area contributed by atoms with Crippen LogP contribution in [0.2, 0.25) is 0 Å². The quantitative estimate of drug-likeness (QED) is 0.263. The van der Waals surface area contributed by atoms with E-state index in [1.54, 1.807) is 6.07 Å². The summed E-state index contributed by atoms with van der Waals surface area (Å²) in [5, 5.41) is 5.99. The number of nitrogens with one attached hydrogen (secondary N) is 2. The van der Waals surface area contributed by atoms with E-state index in [1.165, 1.54) is 25.7 Å². The average molecular weight is 496 g/mol. The van der Waals surface area contributed by atoms with Gasteiger partial charge in [-0.2, -0.15) is 0 Å². The zero-order valence-corrected chi connectivity index (χ0v) is 18.4. The van der Waals surface area contributed by atoms with Gasteiger partial charge in [0.2, 0.25) is 0 Å². The Labute approximate surface area is 180 Å². The number of halogens is 1. The number of carbonyl (C=O) groups excluding carboxylic acids is 1. The smallest absolute Gasteiger partial charge is 0.258 e. The molecule has 0 aliphatic heterocycles. The van der Waals surface area contributed by atoms with Crippen LogP contribution in [-0.2, 0) is 0 Å². The molecular weight excluding hydrogens is 471 g/mol. The van der Waals surface area contributed by atoms with E-state index in [0.29, 0.717) is 5.56 Å². The zero-order chi connectivity index (χ0) is 19.5. The number of amides is 1. The van der Waals surface area contributed by atoms with Crippen molar-refractivity contribution < 1.29 is 9.53 Å². The maximum Gasteiger partial charge on any atom is 0.258 e. The molecule has 2 rings (SSSR count). The normalized spacial score (nSPS) is 10.3. The Balaban J connectivity index is 1.76. The number of unbranched alkanes of at least 4 members (excludes halogenated alkanes) is 4. The summed E-state index contributed by atoms with van der Waals surface area (Å²) in [5.74, 6) is 0.616. The lowest BCUT2D eigenvalue weighted by molar-refractivity contribution is 0.0977. The lowest BCUT2D eigenvalue weighted by Gasteiger charge is -2.11. The molecule has 2 aromatic rings. The summed E-state index contributed by atoms with van der Waals surface area (Å²) in [6.07, 6.45) is 6.10. The molecule has 0 aliphatic carbocycles. The van der Waals surface area contributed by atoms with Crippen LogP contribution in [-0.4, -0.2) is 17.6 Å². The lowest BCUT2D eigenvalue weighted by Crippen LogP contribution is -2.34. The van der Waals surface area contributed by atoms with Crippen molar-refractivity contribution in [1.29, 1.82) is 0 Å². The number of rotatable bonds is 9. The third-order valence-corrected chi connectivity index (χ3v) is 5.12. The third kappa shape index (κ3) is 7.84. The Bertz CT molecular complexity index is 750. The molecule has 0 aromatic heterocycles. The molecule has 0 unspecified atom stereocenters. The summed E-state index contributed by atoms with van der Waals surface area (Å²) in [7, 11) is 0. The molecule has 0 atom stereocenters. The highest BCUT2D eigenvalue weighted by atomic mass is 127. The van der Waals surface area contributed by atoms with Crippen LogP contribution in [0.1, 0.15) is 49.4 Å². The number of thiocarbonyl (C=S) groups is 1. The molecular formula is C21H25IN2O2S. The number of hydrogen-bond donors (Lipinski definition) is 2. The fraction of sp³-hybridized carbons (Fsp3) is 0.333. The first-order valence-corrected chi connectivity index (χ1v) is 10.7. The highest BCUT2D eigenvalue weighted by Gasteiger charge is 2.10. The molecule has 0 saturated carbocycles. The van der Waals surface area contributed by atoms with Crippen molar-refractivity contribution in [3.63, 3.8) is 0 Å². The number of anilines is 1. The van der Waals surface area contributed by atoms with Crippen LogP contribution in [0.4, 0.5) is 5.69 Å². The summed E-state index contributed by atoms with van der Waals surface area (Å²) in [4.78, 5) is 12.3. The minimum absolute atomic E-state index is 0.222. The molecule has 0 aliphatic rings. The molecule has 2 aromatic carbocycles. The molecule has 0 heterocycles. The molecule has 6 heteroatoms. The van der Waals surface area contributed by atoms with Gasteiger partial charge in [-0.05, 0) is 77.6 Å². The first-order valence-electron chi connectivity index (χ1n) is 9.20. The first-order chi connectivity index (χ1) is 13.1. The van der Waals surface area contributed by atoms with E-state index in [1.807, 2.05) is 42.5 Å². The van der Waals surface area contributed by atoms with E-state index in [4.69, 9.17) is 17.0 Å². The van der Waals surface area contributed by atoms with Crippen LogP contribution < -0.4 is 15.4 Å². The van der Waals surface area contributed by atoms with Crippen molar-refractivity contribution >= 4 is 51.5 Å². The maximum absolute atomic E-state index is 12.3. The summed E-state index contributed by atoms with van der Waals surface area (Å²) in [6, 6.07) is 15.0. The van der Waals surface area contributed by atoms with Gasteiger partial charge in [-0.3, -0.25) is 10.1 Å². The third-order valence-electron chi connectivity index (χ3n) is 3.97. The molecule has 0 fully saturated rings. The van der Waals surface area contributed by atoms with Crippen LogP contribution in [0.5, 0.6) is 5.75 Å². The van der Waals surface area contributed by atoms with Gasteiger partial charge in [0.1, 0.15) is 5.75 Å². The van der Waals surface area contributed by atoms with E-state index < -0.39 is 0 Å². The molecule has 4 nitrogen and oxygen atoms in total. The van der Waals surface area contributed by atoms with Gasteiger partial charge in [0.25, 0.3) is 5.91 Å². The van der Waals surface area contributed by atoms with E-state index in [2.05, 4.69) is 40.1 Å². The molecule has 0 saturated heterocycles. The van der Waals surface area contributed by atoms with E-state index in [9.17, 15) is 4.79 Å². The van der Waals surface area contributed by atoms with Gasteiger partial charge < -0.3 is 10.1 Å². The van der Waals surface area contributed by atoms with Crippen molar-refractivity contribution in [2.75, 3.05) is 11.9 Å². The van der Waals surface area contributed by atoms with Gasteiger partial charge in [0.05, 0.1) is 12.2 Å². The number of ether oxygens (including phenoxy) is 1. The fourth-order valence-electron chi connectivity index (χ4n) is 2.51. The summed E-state index contributed by atoms with van der Waals surface area (Å²) >= 11 is 7.36. The van der Waals surface area contributed by atoms with Crippen molar-refractivity contribution in [1.82, 2.24) is 5.32 Å². The van der Waals surface area contributed by atoms with Gasteiger partial charge in [-0.25, -0.2) is 0 Å². The summed E-state index contributed by atoms with van der Waals surface area (Å²) < 4.78 is 6.63. The van der Waals surface area contributed by atoms with Gasteiger partial charge in [-0.15, -0.1) is 0 Å². The minimum Gasteiger partial charge on any atom is -0.494 e. The van der Waals surface area contributed by atoms with Crippen LogP contribution in [0.25, 0.3) is 0 Å². The largest absolute Gasteiger partial charge is 0.494 e. The molecule has 0 bridgehead atoms. The topological polar surface area (TPSA) is 50.4 Å². The van der Waals surface area contributed by atoms with Gasteiger partial charge >= 0.3 is 0 Å². The Morgan fingerprint density at radius 2 is 1.74 bits per heavy atom.